The Bertz CT molecular complexity index is 836. The van der Waals surface area contributed by atoms with Gasteiger partial charge in [-0.15, -0.1) is 0 Å². The first-order valence-corrected chi connectivity index (χ1v) is 7.82. The molecule has 2 amide bonds. The lowest BCUT2D eigenvalue weighted by Crippen LogP contribution is -2.33. The van der Waals surface area contributed by atoms with Crippen molar-refractivity contribution in [1.82, 2.24) is 9.88 Å². The van der Waals surface area contributed by atoms with Crippen LogP contribution in [0.25, 0.3) is 0 Å². The molecular formula is C18H15FN2O5. The van der Waals surface area contributed by atoms with E-state index < -0.39 is 23.9 Å². The first-order chi connectivity index (χ1) is 12.4. The van der Waals surface area contributed by atoms with Crippen LogP contribution in [-0.4, -0.2) is 33.8 Å². The third kappa shape index (κ3) is 4.02. The number of ether oxygens (including phenoxy) is 2. The number of nitrogens with zero attached hydrogens (tertiary/aromatic N) is 2. The largest absolute Gasteiger partial charge is 0.452 e. The summed E-state index contributed by atoms with van der Waals surface area (Å²) in [5.41, 5.74) is 0.613. The number of carbonyl (C=O) groups excluding carboxylic acids is 3. The lowest BCUT2D eigenvalue weighted by Gasteiger charge is -2.15. The summed E-state index contributed by atoms with van der Waals surface area (Å²) in [5.74, 6) is -1.21. The Hall–Kier alpha value is -3.29. The van der Waals surface area contributed by atoms with Crippen molar-refractivity contribution in [2.45, 2.75) is 26.0 Å². The van der Waals surface area contributed by atoms with E-state index in [-0.39, 0.29) is 24.7 Å². The van der Waals surface area contributed by atoms with E-state index in [9.17, 15) is 18.8 Å². The Labute approximate surface area is 148 Å². The van der Waals surface area contributed by atoms with E-state index in [1.54, 1.807) is 12.1 Å². The van der Waals surface area contributed by atoms with Crippen LogP contribution in [0, 0.1) is 5.82 Å². The van der Waals surface area contributed by atoms with Crippen molar-refractivity contribution in [3.05, 3.63) is 54.0 Å². The molecule has 1 aliphatic heterocycles. The van der Waals surface area contributed by atoms with E-state index >= 15 is 0 Å². The molecule has 0 bridgehead atoms. The van der Waals surface area contributed by atoms with Crippen LogP contribution in [0.5, 0.6) is 11.6 Å². The zero-order valence-electron chi connectivity index (χ0n) is 13.8. The van der Waals surface area contributed by atoms with E-state index in [2.05, 4.69) is 4.98 Å². The maximum Gasteiger partial charge on any atom is 0.303 e. The summed E-state index contributed by atoms with van der Waals surface area (Å²) < 4.78 is 23.2. The zero-order valence-corrected chi connectivity index (χ0v) is 13.8. The predicted octanol–water partition coefficient (Wildman–Crippen LogP) is 2.20. The molecule has 1 aliphatic rings. The Kier molecular flexibility index (Phi) is 4.92. The Morgan fingerprint density at radius 3 is 2.58 bits per heavy atom. The second kappa shape index (κ2) is 7.30. The minimum Gasteiger partial charge on any atom is -0.452 e. The molecule has 1 unspecified atom stereocenters. The van der Waals surface area contributed by atoms with Crippen molar-refractivity contribution in [2.75, 3.05) is 0 Å². The molecule has 8 heteroatoms. The van der Waals surface area contributed by atoms with Crippen LogP contribution in [-0.2, 0) is 25.7 Å². The molecule has 1 fully saturated rings. The van der Waals surface area contributed by atoms with Crippen LogP contribution in [0.2, 0.25) is 0 Å². The van der Waals surface area contributed by atoms with E-state index in [4.69, 9.17) is 9.47 Å². The average Bonchev–Trinajstić information content (AvgIpc) is 2.85. The van der Waals surface area contributed by atoms with Crippen LogP contribution in [0.4, 0.5) is 4.39 Å². The summed E-state index contributed by atoms with van der Waals surface area (Å²) in [4.78, 5) is 40.2. The van der Waals surface area contributed by atoms with Gasteiger partial charge in [-0.05, 0) is 29.8 Å². The summed E-state index contributed by atoms with van der Waals surface area (Å²) in [6, 6.07) is 8.73. The van der Waals surface area contributed by atoms with Crippen molar-refractivity contribution < 1.29 is 28.2 Å². The molecule has 2 aromatic rings. The normalized spacial score (nSPS) is 16.7. The highest BCUT2D eigenvalue weighted by molar-refractivity contribution is 6.05. The van der Waals surface area contributed by atoms with Crippen molar-refractivity contribution in [3.8, 4) is 11.6 Å². The van der Waals surface area contributed by atoms with E-state index in [0.717, 1.165) is 4.90 Å². The van der Waals surface area contributed by atoms with Crippen molar-refractivity contribution >= 4 is 17.8 Å². The van der Waals surface area contributed by atoms with Crippen LogP contribution in [0.1, 0.15) is 18.9 Å². The number of halogens is 1. The highest BCUT2D eigenvalue weighted by Crippen LogP contribution is 2.22. The molecule has 1 aromatic carbocycles. The summed E-state index contributed by atoms with van der Waals surface area (Å²) in [6.45, 7) is 1.21. The number of esters is 1. The van der Waals surface area contributed by atoms with Crippen LogP contribution >= 0.6 is 0 Å². The molecule has 7 nitrogen and oxygen atoms in total. The quantitative estimate of drug-likeness (QED) is 0.602. The van der Waals surface area contributed by atoms with Crippen LogP contribution < -0.4 is 4.74 Å². The van der Waals surface area contributed by atoms with Crippen molar-refractivity contribution in [2.24, 2.45) is 0 Å². The minimum absolute atomic E-state index is 0.0270. The fourth-order valence-corrected chi connectivity index (χ4v) is 2.48. The molecule has 0 spiro atoms. The second-order valence-corrected chi connectivity index (χ2v) is 5.68. The lowest BCUT2D eigenvalue weighted by atomic mass is 10.2. The van der Waals surface area contributed by atoms with E-state index in [0.29, 0.717) is 11.3 Å². The van der Waals surface area contributed by atoms with Crippen molar-refractivity contribution in [3.63, 3.8) is 0 Å². The third-order valence-corrected chi connectivity index (χ3v) is 3.69. The van der Waals surface area contributed by atoms with Gasteiger partial charge >= 0.3 is 5.97 Å². The molecule has 1 saturated heterocycles. The lowest BCUT2D eigenvalue weighted by molar-refractivity contribution is -0.154. The number of imide groups is 1. The molecule has 1 atom stereocenters. The number of likely N-dealkylation sites (tertiary alicyclic amines) is 1. The highest BCUT2D eigenvalue weighted by atomic mass is 19.1. The number of hydrogen-bond acceptors (Lipinski definition) is 6. The standard InChI is InChI=1S/C18H15FN2O5/c1-11(22)25-15-8-17(23)21(18(15)24)10-12-2-7-16(20-9-12)26-14-5-3-13(19)4-6-14/h2-7,9,15H,8,10H2,1H3. The molecule has 2 heterocycles. The monoisotopic (exact) mass is 358 g/mol. The van der Waals surface area contributed by atoms with Gasteiger partial charge < -0.3 is 9.47 Å². The Morgan fingerprint density at radius 1 is 1.23 bits per heavy atom. The summed E-state index contributed by atoms with van der Waals surface area (Å²) in [7, 11) is 0. The molecule has 0 aliphatic carbocycles. The van der Waals surface area contributed by atoms with E-state index in [1.165, 1.54) is 37.4 Å². The number of hydrogen-bond donors (Lipinski definition) is 0. The van der Waals surface area contributed by atoms with Gasteiger partial charge in [0.15, 0.2) is 6.10 Å². The maximum atomic E-state index is 12.9. The molecule has 26 heavy (non-hydrogen) atoms. The summed E-state index contributed by atoms with van der Waals surface area (Å²) in [5, 5.41) is 0. The number of carbonyl (C=O) groups is 3. The van der Waals surface area contributed by atoms with Gasteiger partial charge in [0.05, 0.1) is 13.0 Å². The fraction of sp³-hybridized carbons (Fsp3) is 0.222. The third-order valence-electron chi connectivity index (χ3n) is 3.69. The number of rotatable bonds is 5. The number of benzene rings is 1. The van der Waals surface area contributed by atoms with Gasteiger partial charge in [-0.1, -0.05) is 6.07 Å². The first kappa shape index (κ1) is 17.5. The molecule has 0 radical (unpaired) electrons. The molecule has 3 rings (SSSR count). The SMILES string of the molecule is CC(=O)OC1CC(=O)N(Cc2ccc(Oc3ccc(F)cc3)nc2)C1=O. The number of amides is 2. The first-order valence-electron chi connectivity index (χ1n) is 7.82. The summed E-state index contributed by atoms with van der Waals surface area (Å²) >= 11 is 0. The van der Waals surface area contributed by atoms with Gasteiger partial charge in [0.1, 0.15) is 11.6 Å². The predicted molar refractivity (Wildman–Crippen MR) is 86.4 cm³/mol. The average molecular weight is 358 g/mol. The van der Waals surface area contributed by atoms with Gasteiger partial charge in [0.2, 0.25) is 11.8 Å². The van der Waals surface area contributed by atoms with Gasteiger partial charge in [0.25, 0.3) is 5.91 Å². The smallest absolute Gasteiger partial charge is 0.303 e. The molecular weight excluding hydrogens is 343 g/mol. The Morgan fingerprint density at radius 2 is 1.96 bits per heavy atom. The summed E-state index contributed by atoms with van der Waals surface area (Å²) in [6.07, 6.45) is 0.255. The number of aromatic nitrogens is 1. The molecule has 134 valence electrons. The van der Waals surface area contributed by atoms with Gasteiger partial charge in [0, 0.05) is 19.2 Å². The number of pyridine rings is 1. The van der Waals surface area contributed by atoms with Gasteiger partial charge in [-0.3, -0.25) is 19.3 Å². The van der Waals surface area contributed by atoms with Crippen LogP contribution in [0.15, 0.2) is 42.6 Å². The second-order valence-electron chi connectivity index (χ2n) is 5.68. The van der Waals surface area contributed by atoms with Gasteiger partial charge in [-0.25, -0.2) is 9.37 Å². The maximum absolute atomic E-state index is 12.9. The van der Waals surface area contributed by atoms with Crippen LogP contribution in [0.3, 0.4) is 0 Å². The van der Waals surface area contributed by atoms with Crippen molar-refractivity contribution in [1.29, 1.82) is 0 Å². The highest BCUT2D eigenvalue weighted by Gasteiger charge is 2.40. The molecule has 0 saturated carbocycles. The zero-order chi connectivity index (χ0) is 18.7. The topological polar surface area (TPSA) is 85.8 Å². The fourth-order valence-electron chi connectivity index (χ4n) is 2.48. The molecule has 1 aromatic heterocycles. The Balaban J connectivity index is 1.64. The van der Waals surface area contributed by atoms with E-state index in [1.807, 2.05) is 0 Å². The minimum atomic E-state index is -1.06. The van der Waals surface area contributed by atoms with Gasteiger partial charge in [-0.2, -0.15) is 0 Å². The molecule has 0 N–H and O–H groups in total.